The highest BCUT2D eigenvalue weighted by Gasteiger charge is 2.18. The van der Waals surface area contributed by atoms with E-state index in [9.17, 15) is 0 Å². The van der Waals surface area contributed by atoms with E-state index in [0.29, 0.717) is 12.0 Å². The van der Waals surface area contributed by atoms with E-state index in [1.165, 1.54) is 17.7 Å². The minimum Gasteiger partial charge on any atom is -0.381 e. The molecule has 2 unspecified atom stereocenters. The van der Waals surface area contributed by atoms with Crippen LogP contribution in [0.1, 0.15) is 30.7 Å². The van der Waals surface area contributed by atoms with E-state index in [4.69, 9.17) is 4.74 Å². The molecule has 0 aliphatic carbocycles. The van der Waals surface area contributed by atoms with E-state index in [1.54, 1.807) is 11.3 Å². The molecule has 1 saturated heterocycles. The summed E-state index contributed by atoms with van der Waals surface area (Å²) >= 11 is 1.77. The Morgan fingerprint density at radius 3 is 3.17 bits per heavy atom. The molecule has 1 aliphatic rings. The summed E-state index contributed by atoms with van der Waals surface area (Å²) < 4.78 is 5.53. The van der Waals surface area contributed by atoms with Crippen LogP contribution in [0.15, 0.2) is 6.20 Å². The van der Waals surface area contributed by atoms with E-state index in [2.05, 4.69) is 29.2 Å². The molecule has 5 heteroatoms. The van der Waals surface area contributed by atoms with E-state index < -0.39 is 0 Å². The summed E-state index contributed by atoms with van der Waals surface area (Å²) in [7, 11) is 4.11. The van der Waals surface area contributed by atoms with Gasteiger partial charge in [-0.2, -0.15) is 0 Å². The number of ether oxygens (including phenoxy) is 1. The third-order valence-corrected chi connectivity index (χ3v) is 4.78. The van der Waals surface area contributed by atoms with Gasteiger partial charge in [-0.3, -0.25) is 0 Å². The first-order valence-electron chi connectivity index (χ1n) is 6.62. The van der Waals surface area contributed by atoms with Crippen molar-refractivity contribution in [3.63, 3.8) is 0 Å². The van der Waals surface area contributed by atoms with Crippen molar-refractivity contribution in [1.29, 1.82) is 0 Å². The third kappa shape index (κ3) is 3.43. The molecule has 0 spiro atoms. The maximum absolute atomic E-state index is 5.53. The van der Waals surface area contributed by atoms with E-state index in [1.807, 2.05) is 13.2 Å². The van der Waals surface area contributed by atoms with Crippen molar-refractivity contribution in [2.45, 2.75) is 25.8 Å². The zero-order chi connectivity index (χ0) is 13.0. The molecule has 1 fully saturated rings. The summed E-state index contributed by atoms with van der Waals surface area (Å²) in [5.41, 5.74) is 0. The van der Waals surface area contributed by atoms with Gasteiger partial charge in [-0.15, -0.1) is 11.3 Å². The van der Waals surface area contributed by atoms with Gasteiger partial charge in [0, 0.05) is 37.3 Å². The average Bonchev–Trinajstić information content (AvgIpc) is 2.88. The largest absolute Gasteiger partial charge is 0.381 e. The topological polar surface area (TPSA) is 37.4 Å². The van der Waals surface area contributed by atoms with Crippen LogP contribution in [-0.4, -0.2) is 38.8 Å². The van der Waals surface area contributed by atoms with Crippen molar-refractivity contribution in [3.05, 3.63) is 11.1 Å². The molecule has 0 radical (unpaired) electrons. The van der Waals surface area contributed by atoms with Gasteiger partial charge in [-0.25, -0.2) is 4.98 Å². The number of nitrogens with one attached hydrogen (secondary N) is 1. The standard InChI is InChI=1S/C13H23N3OS/c1-10(14-2)12-7-15-13(18-12)16(3)8-11-5-4-6-17-9-11/h7,10-11,14H,4-6,8-9H2,1-3H3. The average molecular weight is 269 g/mol. The van der Waals surface area contributed by atoms with Crippen molar-refractivity contribution in [3.8, 4) is 0 Å². The first kappa shape index (κ1) is 13.8. The van der Waals surface area contributed by atoms with Crippen molar-refractivity contribution in [2.75, 3.05) is 38.8 Å². The highest BCUT2D eigenvalue weighted by Crippen LogP contribution is 2.27. The zero-order valence-electron chi connectivity index (χ0n) is 11.5. The Morgan fingerprint density at radius 2 is 2.50 bits per heavy atom. The van der Waals surface area contributed by atoms with Crippen LogP contribution in [0.2, 0.25) is 0 Å². The van der Waals surface area contributed by atoms with Crippen molar-refractivity contribution < 1.29 is 4.74 Å². The van der Waals surface area contributed by atoms with Gasteiger partial charge in [0.2, 0.25) is 0 Å². The lowest BCUT2D eigenvalue weighted by molar-refractivity contribution is 0.0576. The Balaban J connectivity index is 1.91. The van der Waals surface area contributed by atoms with Crippen molar-refractivity contribution in [1.82, 2.24) is 10.3 Å². The summed E-state index contributed by atoms with van der Waals surface area (Å²) in [5.74, 6) is 0.651. The lowest BCUT2D eigenvalue weighted by atomic mass is 10.0. The zero-order valence-corrected chi connectivity index (χ0v) is 12.3. The number of rotatable bonds is 5. The molecule has 2 rings (SSSR count). The molecule has 2 atom stereocenters. The molecule has 18 heavy (non-hydrogen) atoms. The van der Waals surface area contributed by atoms with Gasteiger partial charge < -0.3 is 15.0 Å². The molecule has 0 saturated carbocycles. The lowest BCUT2D eigenvalue weighted by Crippen LogP contribution is -2.30. The van der Waals surface area contributed by atoms with Gasteiger partial charge in [0.25, 0.3) is 0 Å². The quantitative estimate of drug-likeness (QED) is 0.890. The maximum atomic E-state index is 5.53. The molecule has 0 bridgehead atoms. The van der Waals surface area contributed by atoms with Gasteiger partial charge in [-0.05, 0) is 32.7 Å². The Hall–Kier alpha value is -0.650. The molecule has 1 aromatic heterocycles. The summed E-state index contributed by atoms with van der Waals surface area (Å²) in [6.07, 6.45) is 4.45. The van der Waals surface area contributed by atoms with Crippen LogP contribution >= 0.6 is 11.3 Å². The predicted molar refractivity (Wildman–Crippen MR) is 76.4 cm³/mol. The summed E-state index contributed by atoms with van der Waals surface area (Å²) in [6.45, 7) is 5.03. The van der Waals surface area contributed by atoms with Crippen LogP contribution in [0.4, 0.5) is 5.13 Å². The number of nitrogens with zero attached hydrogens (tertiary/aromatic N) is 2. The minimum atomic E-state index is 0.377. The van der Waals surface area contributed by atoms with Crippen molar-refractivity contribution >= 4 is 16.5 Å². The molecule has 0 amide bonds. The molecular weight excluding hydrogens is 246 g/mol. The Kier molecular flexibility index (Phi) is 4.97. The molecule has 102 valence electrons. The highest BCUT2D eigenvalue weighted by molar-refractivity contribution is 7.15. The van der Waals surface area contributed by atoms with E-state index >= 15 is 0 Å². The minimum absolute atomic E-state index is 0.377. The fraction of sp³-hybridized carbons (Fsp3) is 0.769. The Labute approximate surface area is 113 Å². The van der Waals surface area contributed by atoms with Crippen molar-refractivity contribution in [2.24, 2.45) is 5.92 Å². The SMILES string of the molecule is CNC(C)c1cnc(N(C)CC2CCCOC2)s1. The lowest BCUT2D eigenvalue weighted by Gasteiger charge is -2.26. The number of aromatic nitrogens is 1. The second-order valence-corrected chi connectivity index (χ2v) is 6.06. The Bertz CT molecular complexity index is 363. The fourth-order valence-electron chi connectivity index (χ4n) is 2.21. The first-order valence-corrected chi connectivity index (χ1v) is 7.44. The molecule has 0 aromatic carbocycles. The number of anilines is 1. The summed E-state index contributed by atoms with van der Waals surface area (Å²) in [6, 6.07) is 0.377. The summed E-state index contributed by atoms with van der Waals surface area (Å²) in [4.78, 5) is 8.07. The van der Waals surface area contributed by atoms with E-state index in [0.717, 1.165) is 24.9 Å². The number of hydrogen-bond acceptors (Lipinski definition) is 5. The fourth-order valence-corrected chi connectivity index (χ4v) is 3.16. The third-order valence-electron chi connectivity index (χ3n) is 3.48. The van der Waals surface area contributed by atoms with E-state index in [-0.39, 0.29) is 0 Å². The highest BCUT2D eigenvalue weighted by atomic mass is 32.1. The van der Waals surface area contributed by atoms with Crippen LogP contribution in [0.25, 0.3) is 0 Å². The first-order chi connectivity index (χ1) is 8.70. The van der Waals surface area contributed by atoms with Gasteiger partial charge in [0.15, 0.2) is 5.13 Å². The van der Waals surface area contributed by atoms with Crippen LogP contribution in [0.5, 0.6) is 0 Å². The Morgan fingerprint density at radius 1 is 1.67 bits per heavy atom. The summed E-state index contributed by atoms with van der Waals surface area (Å²) in [5, 5.41) is 4.36. The van der Waals surface area contributed by atoms with Gasteiger partial charge in [-0.1, -0.05) is 0 Å². The maximum Gasteiger partial charge on any atom is 0.185 e. The van der Waals surface area contributed by atoms with Gasteiger partial charge >= 0.3 is 0 Å². The second kappa shape index (κ2) is 6.50. The molecule has 4 nitrogen and oxygen atoms in total. The van der Waals surface area contributed by atoms with Crippen LogP contribution in [0, 0.1) is 5.92 Å². The number of hydrogen-bond donors (Lipinski definition) is 1. The normalized spacial score (nSPS) is 21.8. The molecule has 1 aliphatic heterocycles. The smallest absolute Gasteiger partial charge is 0.185 e. The van der Waals surface area contributed by atoms with Crippen LogP contribution < -0.4 is 10.2 Å². The molecule has 2 heterocycles. The predicted octanol–water partition coefficient (Wildman–Crippen LogP) is 2.29. The van der Waals surface area contributed by atoms with Gasteiger partial charge in [0.1, 0.15) is 0 Å². The van der Waals surface area contributed by atoms with Gasteiger partial charge in [0.05, 0.1) is 6.61 Å². The van der Waals surface area contributed by atoms with Crippen LogP contribution in [0.3, 0.4) is 0 Å². The number of thiazole rings is 1. The molecular formula is C13H23N3OS. The monoisotopic (exact) mass is 269 g/mol. The molecule has 1 aromatic rings. The second-order valence-electron chi connectivity index (χ2n) is 5.02. The van der Waals surface area contributed by atoms with Crippen LogP contribution in [-0.2, 0) is 4.74 Å². The molecule has 1 N–H and O–H groups in total.